The van der Waals surface area contributed by atoms with Crippen LogP contribution in [-0.2, 0) is 0 Å². The summed E-state index contributed by atoms with van der Waals surface area (Å²) >= 11 is 7.09. The molecule has 1 aromatic rings. The Kier molecular flexibility index (Phi) is 5.96. The number of hydrogen-bond acceptors (Lipinski definition) is 3. The second-order valence-corrected chi connectivity index (χ2v) is 4.50. The summed E-state index contributed by atoms with van der Waals surface area (Å²) in [7, 11) is 0. The molecule has 0 saturated carbocycles. The van der Waals surface area contributed by atoms with Gasteiger partial charge in [-0.25, -0.2) is 4.98 Å². The van der Waals surface area contributed by atoms with Crippen molar-refractivity contribution in [2.45, 2.75) is 40.5 Å². The molecule has 1 rings (SSSR count). The number of nitrogens with zero attached hydrogens (tertiary/aromatic N) is 1. The summed E-state index contributed by atoms with van der Waals surface area (Å²) in [6.07, 6.45) is 0. The molecular formula is C10H16ClNOS. The molecule has 0 spiro atoms. The van der Waals surface area contributed by atoms with Crippen molar-refractivity contribution >= 4 is 28.7 Å². The number of aromatic nitrogens is 1. The molecule has 0 aliphatic rings. The van der Waals surface area contributed by atoms with Crippen LogP contribution in [0.1, 0.15) is 55.9 Å². The molecule has 0 aliphatic heterocycles. The lowest BCUT2D eigenvalue weighted by molar-refractivity contribution is 0.101. The van der Waals surface area contributed by atoms with Gasteiger partial charge in [-0.3, -0.25) is 4.79 Å². The number of thiazole rings is 1. The third-order valence-corrected chi connectivity index (χ3v) is 2.95. The third-order valence-electron chi connectivity index (χ3n) is 1.49. The van der Waals surface area contributed by atoms with Gasteiger partial charge in [0, 0.05) is 11.8 Å². The van der Waals surface area contributed by atoms with E-state index in [2.05, 4.69) is 4.98 Å². The van der Waals surface area contributed by atoms with Crippen molar-refractivity contribution in [3.63, 3.8) is 0 Å². The van der Waals surface area contributed by atoms with Crippen LogP contribution in [0.2, 0.25) is 4.47 Å². The summed E-state index contributed by atoms with van der Waals surface area (Å²) < 4.78 is 0.448. The lowest BCUT2D eigenvalue weighted by atomic mass is 10.1. The Labute approximate surface area is 94.3 Å². The quantitative estimate of drug-likeness (QED) is 0.719. The SMILES string of the molecule is CC.CC(=O)c1nc(Cl)sc1C(C)C. The Morgan fingerprint density at radius 1 is 1.43 bits per heavy atom. The fraction of sp³-hybridized carbons (Fsp3) is 0.600. The van der Waals surface area contributed by atoms with Gasteiger partial charge in [0.1, 0.15) is 5.69 Å². The van der Waals surface area contributed by atoms with E-state index in [9.17, 15) is 4.79 Å². The monoisotopic (exact) mass is 233 g/mol. The maximum absolute atomic E-state index is 11.1. The topological polar surface area (TPSA) is 30.0 Å². The van der Waals surface area contributed by atoms with Gasteiger partial charge in [0.2, 0.25) is 0 Å². The van der Waals surface area contributed by atoms with E-state index < -0.39 is 0 Å². The number of hydrogen-bond donors (Lipinski definition) is 0. The van der Waals surface area contributed by atoms with E-state index in [1.54, 1.807) is 0 Å². The van der Waals surface area contributed by atoms with Gasteiger partial charge in [-0.05, 0) is 5.92 Å². The predicted octanol–water partition coefficient (Wildman–Crippen LogP) is 4.15. The minimum Gasteiger partial charge on any atom is -0.293 e. The highest BCUT2D eigenvalue weighted by molar-refractivity contribution is 7.16. The van der Waals surface area contributed by atoms with Crippen molar-refractivity contribution in [1.29, 1.82) is 0 Å². The fourth-order valence-electron chi connectivity index (χ4n) is 0.948. The van der Waals surface area contributed by atoms with E-state index in [-0.39, 0.29) is 5.78 Å². The first-order valence-electron chi connectivity index (χ1n) is 4.69. The lowest BCUT2D eigenvalue weighted by Crippen LogP contribution is -1.98. The highest BCUT2D eigenvalue weighted by Crippen LogP contribution is 2.29. The molecule has 0 N–H and O–H groups in total. The zero-order valence-corrected chi connectivity index (χ0v) is 10.8. The van der Waals surface area contributed by atoms with E-state index in [0.29, 0.717) is 16.1 Å². The summed E-state index contributed by atoms with van der Waals surface area (Å²) in [5.41, 5.74) is 0.528. The minimum atomic E-state index is -0.0122. The zero-order valence-electron chi connectivity index (χ0n) is 9.22. The van der Waals surface area contributed by atoms with E-state index in [0.717, 1.165) is 4.88 Å². The van der Waals surface area contributed by atoms with Crippen molar-refractivity contribution in [3.05, 3.63) is 15.0 Å². The largest absolute Gasteiger partial charge is 0.293 e. The molecule has 2 nitrogen and oxygen atoms in total. The third kappa shape index (κ3) is 3.39. The molecule has 1 aromatic heterocycles. The standard InChI is InChI=1S/C8H10ClNOS.C2H6/c1-4(2)7-6(5(3)11)10-8(9)12-7;1-2/h4H,1-3H3;1-2H3. The number of rotatable bonds is 2. The van der Waals surface area contributed by atoms with Gasteiger partial charge in [0.25, 0.3) is 0 Å². The normalized spacial score (nSPS) is 9.64. The first-order valence-corrected chi connectivity index (χ1v) is 5.89. The molecule has 0 unspecified atom stereocenters. The molecule has 0 aliphatic carbocycles. The summed E-state index contributed by atoms with van der Waals surface area (Å²) in [6.45, 7) is 9.56. The summed E-state index contributed by atoms with van der Waals surface area (Å²) in [4.78, 5) is 16.0. The van der Waals surface area contributed by atoms with Gasteiger partial charge < -0.3 is 0 Å². The van der Waals surface area contributed by atoms with Crippen LogP contribution in [0.4, 0.5) is 0 Å². The highest BCUT2D eigenvalue weighted by Gasteiger charge is 2.16. The van der Waals surface area contributed by atoms with Crippen LogP contribution in [0.3, 0.4) is 0 Å². The predicted molar refractivity (Wildman–Crippen MR) is 62.6 cm³/mol. The van der Waals surface area contributed by atoms with Crippen LogP contribution in [-0.4, -0.2) is 10.8 Å². The molecule has 80 valence electrons. The molecule has 1 heterocycles. The molecule has 0 atom stereocenters. The average Bonchev–Trinajstić information content (AvgIpc) is 2.51. The Morgan fingerprint density at radius 3 is 2.21 bits per heavy atom. The van der Waals surface area contributed by atoms with E-state index in [1.807, 2.05) is 27.7 Å². The molecular weight excluding hydrogens is 218 g/mol. The number of halogens is 1. The highest BCUT2D eigenvalue weighted by atomic mass is 35.5. The van der Waals surface area contributed by atoms with Gasteiger partial charge >= 0.3 is 0 Å². The summed E-state index contributed by atoms with van der Waals surface area (Å²) in [5.74, 6) is 0.302. The Morgan fingerprint density at radius 2 is 1.93 bits per heavy atom. The summed E-state index contributed by atoms with van der Waals surface area (Å²) in [5, 5.41) is 0. The van der Waals surface area contributed by atoms with Crippen molar-refractivity contribution in [2.24, 2.45) is 0 Å². The molecule has 14 heavy (non-hydrogen) atoms. The fourth-order valence-corrected chi connectivity index (χ4v) is 2.12. The van der Waals surface area contributed by atoms with Gasteiger partial charge in [0.05, 0.1) is 0 Å². The molecule has 0 aromatic carbocycles. The van der Waals surface area contributed by atoms with Crippen molar-refractivity contribution < 1.29 is 4.79 Å². The van der Waals surface area contributed by atoms with Crippen molar-refractivity contribution in [3.8, 4) is 0 Å². The van der Waals surface area contributed by atoms with Gasteiger partial charge in [-0.15, -0.1) is 11.3 Å². The van der Waals surface area contributed by atoms with Crippen LogP contribution < -0.4 is 0 Å². The summed E-state index contributed by atoms with van der Waals surface area (Å²) in [6, 6.07) is 0. The van der Waals surface area contributed by atoms with Crippen LogP contribution in [0.5, 0.6) is 0 Å². The van der Waals surface area contributed by atoms with Gasteiger partial charge in [-0.2, -0.15) is 0 Å². The second kappa shape index (κ2) is 6.14. The number of carbonyl (C=O) groups excluding carboxylic acids is 1. The maximum Gasteiger partial charge on any atom is 0.184 e. The number of Topliss-reactive ketones (excluding diaryl/α,β-unsaturated/α-hetero) is 1. The maximum atomic E-state index is 11.1. The molecule has 0 amide bonds. The molecule has 0 fully saturated rings. The Balaban J connectivity index is 0.000000791. The second-order valence-electron chi connectivity index (χ2n) is 2.89. The zero-order chi connectivity index (χ0) is 11.3. The van der Waals surface area contributed by atoms with E-state index in [1.165, 1.54) is 18.3 Å². The van der Waals surface area contributed by atoms with Crippen LogP contribution >= 0.6 is 22.9 Å². The van der Waals surface area contributed by atoms with Crippen molar-refractivity contribution in [2.75, 3.05) is 0 Å². The smallest absolute Gasteiger partial charge is 0.184 e. The van der Waals surface area contributed by atoms with Crippen molar-refractivity contribution in [1.82, 2.24) is 4.98 Å². The Bertz CT molecular complexity index is 307. The molecule has 4 heteroatoms. The van der Waals surface area contributed by atoms with Crippen LogP contribution in [0.25, 0.3) is 0 Å². The molecule has 0 bridgehead atoms. The first-order chi connectivity index (χ1) is 6.52. The van der Waals surface area contributed by atoms with Crippen LogP contribution in [0, 0.1) is 0 Å². The van der Waals surface area contributed by atoms with Gasteiger partial charge in [-0.1, -0.05) is 39.3 Å². The number of carbonyl (C=O) groups is 1. The molecule has 0 saturated heterocycles. The Hall–Kier alpha value is -0.410. The van der Waals surface area contributed by atoms with E-state index in [4.69, 9.17) is 11.6 Å². The van der Waals surface area contributed by atoms with Gasteiger partial charge in [0.15, 0.2) is 10.3 Å². The minimum absolute atomic E-state index is 0.0122. The molecule has 0 radical (unpaired) electrons. The average molecular weight is 234 g/mol. The van der Waals surface area contributed by atoms with Crippen LogP contribution in [0.15, 0.2) is 0 Å². The number of ketones is 1. The lowest BCUT2D eigenvalue weighted by Gasteiger charge is -2.00. The first kappa shape index (κ1) is 13.6. The van der Waals surface area contributed by atoms with E-state index >= 15 is 0 Å².